The molecule has 0 bridgehead atoms. The Morgan fingerprint density at radius 3 is 2.07 bits per heavy atom. The van der Waals surface area contributed by atoms with Gasteiger partial charge in [0.1, 0.15) is 12.8 Å². The molecule has 2 atom stereocenters. The third-order valence-corrected chi connectivity index (χ3v) is 5.51. The summed E-state index contributed by atoms with van der Waals surface area (Å²) in [6, 6.07) is -1.88. The monoisotopic (exact) mass is 590 g/mol. The van der Waals surface area contributed by atoms with Gasteiger partial charge in [0.15, 0.2) is 0 Å². The number of hydrogen-bond acceptors (Lipinski definition) is 10. The first-order valence-electron chi connectivity index (χ1n) is 13.8. The van der Waals surface area contributed by atoms with E-state index in [2.05, 4.69) is 26.4 Å². The predicted octanol–water partition coefficient (Wildman–Crippen LogP) is -0.615. The number of carbonyl (C=O) groups is 4. The van der Waals surface area contributed by atoms with Gasteiger partial charge in [0.2, 0.25) is 17.7 Å². The molecule has 0 rings (SSSR count). The van der Waals surface area contributed by atoms with Crippen LogP contribution in [0.5, 0.6) is 0 Å². The van der Waals surface area contributed by atoms with E-state index in [1.807, 2.05) is 0 Å². The van der Waals surface area contributed by atoms with E-state index >= 15 is 0 Å². The van der Waals surface area contributed by atoms with E-state index in [0.29, 0.717) is 72.0 Å². The van der Waals surface area contributed by atoms with Crippen molar-refractivity contribution in [2.45, 2.75) is 58.0 Å². The van der Waals surface area contributed by atoms with Gasteiger partial charge in [-0.05, 0) is 25.2 Å². The van der Waals surface area contributed by atoms with Gasteiger partial charge in [0.05, 0.1) is 52.3 Å². The van der Waals surface area contributed by atoms with Crippen molar-refractivity contribution in [1.82, 2.24) is 21.3 Å². The number of hydrogen-bond donors (Lipinski definition) is 6. The van der Waals surface area contributed by atoms with E-state index in [9.17, 15) is 19.2 Å². The number of amides is 5. The molecule has 5 amide bonds. The minimum absolute atomic E-state index is 0.0606. The van der Waals surface area contributed by atoms with Crippen LogP contribution in [-0.2, 0) is 33.3 Å². The van der Waals surface area contributed by atoms with Crippen LogP contribution >= 0.6 is 0 Å². The highest BCUT2D eigenvalue weighted by Crippen LogP contribution is 2.06. The molecule has 0 aliphatic rings. The Bertz CT molecular complexity index is 744. The summed E-state index contributed by atoms with van der Waals surface area (Å²) in [5.74, 6) is -1.16. The van der Waals surface area contributed by atoms with E-state index in [1.54, 1.807) is 13.8 Å². The molecule has 0 aromatic rings. The van der Waals surface area contributed by atoms with Crippen molar-refractivity contribution in [2.24, 2.45) is 16.8 Å². The van der Waals surface area contributed by atoms with Crippen molar-refractivity contribution >= 4 is 23.8 Å². The first kappa shape index (κ1) is 38.1. The van der Waals surface area contributed by atoms with Crippen LogP contribution in [0.15, 0.2) is 5.11 Å². The smallest absolute Gasteiger partial charge is 0.312 e. The number of nitrogens with one attached hydrogen (secondary N) is 4. The molecule has 7 N–H and O–H groups in total. The molecule has 16 heteroatoms. The zero-order valence-electron chi connectivity index (χ0n) is 24.2. The van der Waals surface area contributed by atoms with Crippen molar-refractivity contribution in [3.8, 4) is 0 Å². The molecule has 41 heavy (non-hydrogen) atoms. The second-order valence-corrected chi connectivity index (χ2v) is 9.33. The quantitative estimate of drug-likeness (QED) is 0.0406. The summed E-state index contributed by atoms with van der Waals surface area (Å²) in [7, 11) is 0. The van der Waals surface area contributed by atoms with E-state index in [0.717, 1.165) is 0 Å². The molecule has 0 spiro atoms. The molecular formula is C25H48N7O9-. The third kappa shape index (κ3) is 23.5. The standard InChI is InChI=1S/C25H48N7O9/c1-19(2)23(24(36)31-20(17-41-18-33)5-4-8-29-25(26)37)32-22(35)7-3-6-21(34)28-9-11-38-13-15-40-16-14-39-12-10-30-27/h19-20,23,33H,3-18H2,1-2H3,(H,28,34)(H,31,36)(H,32,35)(H3,26,29,37)/q-1/t20-,23-/m0/s1. The normalized spacial score (nSPS) is 12.4. The number of carbonyl (C=O) groups excluding carboxylic acids is 4. The lowest BCUT2D eigenvalue weighted by atomic mass is 10.0. The zero-order chi connectivity index (χ0) is 30.7. The fourth-order valence-corrected chi connectivity index (χ4v) is 3.43. The Morgan fingerprint density at radius 1 is 0.829 bits per heavy atom. The average molecular weight is 591 g/mol. The average Bonchev–Trinajstić information content (AvgIpc) is 2.92. The van der Waals surface area contributed by atoms with E-state index in [1.165, 1.54) is 0 Å². The highest BCUT2D eigenvalue weighted by Gasteiger charge is 2.26. The van der Waals surface area contributed by atoms with E-state index in [-0.39, 0.29) is 43.7 Å². The molecular weight excluding hydrogens is 542 g/mol. The molecule has 238 valence electrons. The number of nitrogens with zero attached hydrogens (tertiary/aromatic N) is 2. The number of aliphatic hydroxyl groups is 1. The van der Waals surface area contributed by atoms with Crippen LogP contribution in [0.4, 0.5) is 4.79 Å². The van der Waals surface area contributed by atoms with Gasteiger partial charge >= 0.3 is 6.03 Å². The molecule has 0 heterocycles. The van der Waals surface area contributed by atoms with Gasteiger partial charge in [-0.2, -0.15) is 0 Å². The summed E-state index contributed by atoms with van der Waals surface area (Å²) >= 11 is 0. The van der Waals surface area contributed by atoms with Crippen molar-refractivity contribution in [3.63, 3.8) is 0 Å². The largest absolute Gasteiger partial charge is 0.712 e. The lowest BCUT2D eigenvalue weighted by Gasteiger charge is -2.25. The summed E-state index contributed by atoms with van der Waals surface area (Å²) < 4.78 is 20.9. The molecule has 0 aromatic carbocycles. The minimum Gasteiger partial charge on any atom is -0.712 e. The summed E-state index contributed by atoms with van der Waals surface area (Å²) in [5.41, 5.74) is 13.3. The number of rotatable bonds is 27. The first-order chi connectivity index (χ1) is 19.7. The highest BCUT2D eigenvalue weighted by atomic mass is 16.6. The number of ether oxygens (including phenoxy) is 4. The number of urea groups is 1. The van der Waals surface area contributed by atoms with Crippen LogP contribution in [0.1, 0.15) is 46.0 Å². The minimum atomic E-state index is -0.799. The Hall–Kier alpha value is -2.92. The molecule has 0 aliphatic carbocycles. The fraction of sp³-hybridized carbons (Fsp3) is 0.840. The van der Waals surface area contributed by atoms with Crippen LogP contribution in [0.25, 0.3) is 5.53 Å². The van der Waals surface area contributed by atoms with E-state index in [4.69, 9.17) is 35.3 Å². The van der Waals surface area contributed by atoms with Gasteiger partial charge in [-0.15, -0.1) is 0 Å². The molecule has 0 radical (unpaired) electrons. The second kappa shape index (κ2) is 26.0. The van der Waals surface area contributed by atoms with Crippen LogP contribution in [-0.4, -0.2) is 114 Å². The zero-order valence-corrected chi connectivity index (χ0v) is 24.2. The molecule has 16 nitrogen and oxygen atoms in total. The second-order valence-electron chi connectivity index (χ2n) is 9.33. The molecule has 0 aliphatic heterocycles. The molecule has 0 aromatic heterocycles. The Kier molecular flexibility index (Phi) is 24.2. The molecule has 0 unspecified atom stereocenters. The first-order valence-corrected chi connectivity index (χ1v) is 13.8. The van der Waals surface area contributed by atoms with Crippen molar-refractivity contribution in [2.75, 3.05) is 72.7 Å². The topological polar surface area (TPSA) is 234 Å². The number of primary amides is 1. The highest BCUT2D eigenvalue weighted by molar-refractivity contribution is 5.88. The molecule has 0 saturated heterocycles. The fourth-order valence-electron chi connectivity index (χ4n) is 3.43. The maximum Gasteiger partial charge on any atom is 0.312 e. The van der Waals surface area contributed by atoms with Gasteiger partial charge in [-0.25, -0.2) is 4.79 Å². The Balaban J connectivity index is 4.18. The molecule has 0 fully saturated rings. The van der Waals surface area contributed by atoms with Crippen LogP contribution in [0.2, 0.25) is 0 Å². The lowest BCUT2D eigenvalue weighted by molar-refractivity contribution is -0.131. The van der Waals surface area contributed by atoms with Gasteiger partial charge < -0.3 is 61.7 Å². The third-order valence-electron chi connectivity index (χ3n) is 5.51. The van der Waals surface area contributed by atoms with Gasteiger partial charge in [-0.3, -0.25) is 14.4 Å². The van der Waals surface area contributed by atoms with Gasteiger partial charge in [0, 0.05) is 32.5 Å². The predicted molar refractivity (Wildman–Crippen MR) is 149 cm³/mol. The van der Waals surface area contributed by atoms with Crippen molar-refractivity contribution in [1.29, 1.82) is 0 Å². The van der Waals surface area contributed by atoms with E-state index < -0.39 is 30.8 Å². The lowest BCUT2D eigenvalue weighted by Crippen LogP contribution is -2.53. The van der Waals surface area contributed by atoms with Gasteiger partial charge in [-0.1, -0.05) is 13.8 Å². The Labute approximate surface area is 241 Å². The maximum absolute atomic E-state index is 12.9. The van der Waals surface area contributed by atoms with Crippen molar-refractivity contribution < 1.29 is 43.2 Å². The SMILES string of the molecule is CC(C)[C@H](NC(=O)CCCC(=O)NCCOCCOCCOCCN=[N-])C(=O)N[C@@H](CCCNC(N)=O)COCO. The number of aliphatic hydroxyl groups excluding tert-OH is 1. The maximum atomic E-state index is 12.9. The summed E-state index contributed by atoms with van der Waals surface area (Å²) in [6.45, 7) is 6.24. The van der Waals surface area contributed by atoms with Gasteiger partial charge in [0.25, 0.3) is 0 Å². The molecule has 0 saturated carbocycles. The summed E-state index contributed by atoms with van der Waals surface area (Å²) in [4.78, 5) is 48.2. The van der Waals surface area contributed by atoms with Crippen LogP contribution < -0.4 is 27.0 Å². The summed E-state index contributed by atoms with van der Waals surface area (Å²) in [6.07, 6.45) is 1.51. The van der Waals surface area contributed by atoms with Crippen LogP contribution in [0, 0.1) is 5.92 Å². The number of nitrogens with two attached hydrogens (primary N) is 1. The van der Waals surface area contributed by atoms with Crippen LogP contribution in [0.3, 0.4) is 0 Å². The van der Waals surface area contributed by atoms with Crippen molar-refractivity contribution in [3.05, 3.63) is 5.53 Å². The summed E-state index contributed by atoms with van der Waals surface area (Å²) in [5, 5.41) is 22.6. The Morgan fingerprint density at radius 2 is 1.46 bits per heavy atom.